The molecule has 0 aliphatic rings. The summed E-state index contributed by atoms with van der Waals surface area (Å²) in [6.45, 7) is -0.501. The van der Waals surface area contributed by atoms with Gasteiger partial charge in [0.05, 0.1) is 0 Å². The number of alkyl halides is 3. The maximum atomic E-state index is 11.8. The Labute approximate surface area is 115 Å². The van der Waals surface area contributed by atoms with Crippen molar-refractivity contribution >= 4 is 16.5 Å². The summed E-state index contributed by atoms with van der Waals surface area (Å²) in [6, 6.07) is 14.0. The summed E-state index contributed by atoms with van der Waals surface area (Å²) < 4.78 is 40.1. The summed E-state index contributed by atoms with van der Waals surface area (Å²) in [5.41, 5.74) is 0.958. The van der Waals surface area contributed by atoms with Crippen LogP contribution in [0.2, 0.25) is 0 Å². The molecule has 20 heavy (non-hydrogen) atoms. The van der Waals surface area contributed by atoms with Crippen LogP contribution in [0.25, 0.3) is 10.8 Å². The highest BCUT2D eigenvalue weighted by Crippen LogP contribution is 2.18. The lowest BCUT2D eigenvalue weighted by Gasteiger charge is -2.09. The van der Waals surface area contributed by atoms with E-state index in [1.165, 1.54) is 0 Å². The molecule has 2 aromatic rings. The first kappa shape index (κ1) is 14.7. The number of hydrogen-bond acceptors (Lipinski definition) is 2. The van der Waals surface area contributed by atoms with Gasteiger partial charge in [0, 0.05) is 18.8 Å². The maximum absolute atomic E-state index is 11.8. The molecule has 0 radical (unpaired) electrons. The lowest BCUT2D eigenvalue weighted by atomic mass is 10.1. The summed E-state index contributed by atoms with van der Waals surface area (Å²) in [5, 5.41) is 5.46. The molecule has 108 valence electrons. The molecule has 0 bridgehead atoms. The lowest BCUT2D eigenvalue weighted by Crippen LogP contribution is -2.18. The molecule has 0 saturated carbocycles. The van der Waals surface area contributed by atoms with Gasteiger partial charge in [-0.05, 0) is 29.3 Å². The number of benzene rings is 2. The first-order chi connectivity index (χ1) is 9.54. The molecule has 0 aromatic heterocycles. The van der Waals surface area contributed by atoms with Crippen LogP contribution in [-0.4, -0.2) is 25.9 Å². The third-order valence-electron chi connectivity index (χ3n) is 2.81. The summed E-state index contributed by atoms with van der Waals surface area (Å²) in [4.78, 5) is 0. The summed E-state index contributed by atoms with van der Waals surface area (Å²) in [7, 11) is 0. The van der Waals surface area contributed by atoms with E-state index >= 15 is 0 Å². The molecule has 2 aromatic carbocycles. The molecular formula is C15H16F3NO. The zero-order valence-electron chi connectivity index (χ0n) is 10.9. The van der Waals surface area contributed by atoms with Crippen molar-refractivity contribution in [3.63, 3.8) is 0 Å². The van der Waals surface area contributed by atoms with Crippen LogP contribution in [0.5, 0.6) is 0 Å². The van der Waals surface area contributed by atoms with Crippen LogP contribution in [0.1, 0.15) is 6.42 Å². The van der Waals surface area contributed by atoms with E-state index in [9.17, 15) is 13.2 Å². The normalized spacial score (nSPS) is 11.8. The average molecular weight is 283 g/mol. The largest absolute Gasteiger partial charge is 0.411 e. The second kappa shape index (κ2) is 6.61. The predicted molar refractivity (Wildman–Crippen MR) is 73.9 cm³/mol. The zero-order chi connectivity index (χ0) is 14.4. The van der Waals surface area contributed by atoms with Crippen molar-refractivity contribution in [2.24, 2.45) is 0 Å². The van der Waals surface area contributed by atoms with Crippen LogP contribution in [0.15, 0.2) is 42.5 Å². The second-order valence-electron chi connectivity index (χ2n) is 4.51. The Balaban J connectivity index is 1.73. The van der Waals surface area contributed by atoms with E-state index in [1.54, 1.807) is 0 Å². The average Bonchev–Trinajstić information content (AvgIpc) is 2.41. The standard InChI is InChI=1S/C15H16F3NO/c16-15(17,18)11-20-9-3-8-19-14-7-6-12-4-1-2-5-13(12)10-14/h1-2,4-7,10,19H,3,8-9,11H2. The van der Waals surface area contributed by atoms with Crippen LogP contribution in [0.4, 0.5) is 18.9 Å². The minimum atomic E-state index is -4.24. The molecule has 5 heteroatoms. The molecule has 0 aliphatic carbocycles. The molecular weight excluding hydrogens is 267 g/mol. The van der Waals surface area contributed by atoms with Gasteiger partial charge in [0.15, 0.2) is 0 Å². The Bertz CT molecular complexity index is 554. The van der Waals surface area contributed by atoms with Gasteiger partial charge >= 0.3 is 6.18 Å². The van der Waals surface area contributed by atoms with Gasteiger partial charge in [-0.15, -0.1) is 0 Å². The molecule has 0 fully saturated rings. The van der Waals surface area contributed by atoms with Gasteiger partial charge in [-0.1, -0.05) is 30.3 Å². The first-order valence-corrected chi connectivity index (χ1v) is 6.42. The molecule has 0 heterocycles. The van der Waals surface area contributed by atoms with Crippen molar-refractivity contribution in [2.45, 2.75) is 12.6 Å². The summed E-state index contributed by atoms with van der Waals surface area (Å²) >= 11 is 0. The van der Waals surface area contributed by atoms with Crippen LogP contribution in [0.3, 0.4) is 0 Å². The molecule has 0 saturated heterocycles. The Morgan fingerprint density at radius 3 is 2.50 bits per heavy atom. The highest BCUT2D eigenvalue weighted by molar-refractivity contribution is 5.85. The maximum Gasteiger partial charge on any atom is 0.411 e. The zero-order valence-corrected chi connectivity index (χ0v) is 10.9. The highest BCUT2D eigenvalue weighted by atomic mass is 19.4. The smallest absolute Gasteiger partial charge is 0.385 e. The quantitative estimate of drug-likeness (QED) is 0.801. The molecule has 1 N–H and O–H groups in total. The van der Waals surface area contributed by atoms with Gasteiger partial charge in [0.2, 0.25) is 0 Å². The van der Waals surface area contributed by atoms with Crippen LogP contribution < -0.4 is 5.32 Å². The minimum Gasteiger partial charge on any atom is -0.385 e. The predicted octanol–water partition coefficient (Wildman–Crippen LogP) is 4.22. The van der Waals surface area contributed by atoms with E-state index in [4.69, 9.17) is 0 Å². The highest BCUT2D eigenvalue weighted by Gasteiger charge is 2.27. The molecule has 2 nitrogen and oxygen atoms in total. The molecule has 0 atom stereocenters. The van der Waals surface area contributed by atoms with Gasteiger partial charge in [0.25, 0.3) is 0 Å². The third-order valence-corrected chi connectivity index (χ3v) is 2.81. The van der Waals surface area contributed by atoms with Crippen molar-refractivity contribution in [3.8, 4) is 0 Å². The van der Waals surface area contributed by atoms with Gasteiger partial charge in [-0.3, -0.25) is 0 Å². The number of fused-ring (bicyclic) bond motifs is 1. The Morgan fingerprint density at radius 2 is 1.75 bits per heavy atom. The van der Waals surface area contributed by atoms with Crippen molar-refractivity contribution in [3.05, 3.63) is 42.5 Å². The fourth-order valence-electron chi connectivity index (χ4n) is 1.89. The fraction of sp³-hybridized carbons (Fsp3) is 0.333. The van der Waals surface area contributed by atoms with E-state index in [2.05, 4.69) is 10.1 Å². The number of hydrogen-bond donors (Lipinski definition) is 1. The minimum absolute atomic E-state index is 0.0973. The third kappa shape index (κ3) is 4.74. The molecule has 2 rings (SSSR count). The van der Waals surface area contributed by atoms with Gasteiger partial charge < -0.3 is 10.1 Å². The van der Waals surface area contributed by atoms with E-state index in [0.29, 0.717) is 13.0 Å². The van der Waals surface area contributed by atoms with Crippen LogP contribution in [-0.2, 0) is 4.74 Å². The topological polar surface area (TPSA) is 21.3 Å². The number of ether oxygens (including phenoxy) is 1. The van der Waals surface area contributed by atoms with Crippen molar-refractivity contribution in [2.75, 3.05) is 25.1 Å². The number of anilines is 1. The van der Waals surface area contributed by atoms with Gasteiger partial charge in [-0.25, -0.2) is 0 Å². The number of halogens is 3. The monoisotopic (exact) mass is 283 g/mol. The van der Waals surface area contributed by atoms with Gasteiger partial charge in [0.1, 0.15) is 6.61 Å². The Hall–Kier alpha value is -1.75. The molecule has 0 aliphatic heterocycles. The van der Waals surface area contributed by atoms with Gasteiger partial charge in [-0.2, -0.15) is 13.2 Å². The molecule has 0 unspecified atom stereocenters. The van der Waals surface area contributed by atoms with Crippen molar-refractivity contribution < 1.29 is 17.9 Å². The first-order valence-electron chi connectivity index (χ1n) is 6.42. The van der Waals surface area contributed by atoms with E-state index in [1.807, 2.05) is 42.5 Å². The van der Waals surface area contributed by atoms with Crippen molar-refractivity contribution in [1.29, 1.82) is 0 Å². The van der Waals surface area contributed by atoms with Crippen molar-refractivity contribution in [1.82, 2.24) is 0 Å². The summed E-state index contributed by atoms with van der Waals surface area (Å²) in [6.07, 6.45) is -3.71. The summed E-state index contributed by atoms with van der Waals surface area (Å²) in [5.74, 6) is 0. The lowest BCUT2D eigenvalue weighted by molar-refractivity contribution is -0.173. The number of nitrogens with one attached hydrogen (secondary N) is 1. The van der Waals surface area contributed by atoms with E-state index in [-0.39, 0.29) is 6.61 Å². The second-order valence-corrected chi connectivity index (χ2v) is 4.51. The van der Waals surface area contributed by atoms with E-state index < -0.39 is 12.8 Å². The fourth-order valence-corrected chi connectivity index (χ4v) is 1.89. The van der Waals surface area contributed by atoms with Crippen LogP contribution >= 0.6 is 0 Å². The Kier molecular flexibility index (Phi) is 4.84. The van der Waals surface area contributed by atoms with Crippen LogP contribution in [0, 0.1) is 0 Å². The Morgan fingerprint density at radius 1 is 1.00 bits per heavy atom. The number of rotatable bonds is 6. The van der Waals surface area contributed by atoms with E-state index in [0.717, 1.165) is 16.5 Å². The molecule has 0 spiro atoms. The SMILES string of the molecule is FC(F)(F)COCCCNc1ccc2ccccc2c1. The molecule has 0 amide bonds.